The van der Waals surface area contributed by atoms with Gasteiger partial charge in [0.1, 0.15) is 11.5 Å². The fourth-order valence-electron chi connectivity index (χ4n) is 3.77. The van der Waals surface area contributed by atoms with Gasteiger partial charge in [-0.1, -0.05) is 35.9 Å². The second kappa shape index (κ2) is 9.14. The number of carbonyl (C=O) groups is 1. The van der Waals surface area contributed by atoms with E-state index >= 15 is 0 Å². The first-order chi connectivity index (χ1) is 14.5. The van der Waals surface area contributed by atoms with Gasteiger partial charge in [0.2, 0.25) is 11.8 Å². The molecule has 0 saturated carbocycles. The number of oxazole rings is 1. The Balaban J connectivity index is 1.37. The highest BCUT2D eigenvalue weighted by molar-refractivity contribution is 7.84. The number of rotatable bonds is 6. The molecule has 3 aromatic rings. The first-order valence-electron chi connectivity index (χ1n) is 9.94. The van der Waals surface area contributed by atoms with E-state index in [0.29, 0.717) is 22.4 Å². The number of nitrogens with one attached hydrogen (secondary N) is 1. The monoisotopic (exact) mass is 442 g/mol. The molecule has 7 heteroatoms. The van der Waals surface area contributed by atoms with Gasteiger partial charge < -0.3 is 9.73 Å². The van der Waals surface area contributed by atoms with E-state index in [0.717, 1.165) is 24.8 Å². The van der Waals surface area contributed by atoms with Crippen LogP contribution in [-0.2, 0) is 27.8 Å². The van der Waals surface area contributed by atoms with E-state index in [-0.39, 0.29) is 23.5 Å². The molecule has 1 heterocycles. The Morgan fingerprint density at radius 2 is 2.00 bits per heavy atom. The molecule has 0 radical (unpaired) electrons. The maximum absolute atomic E-state index is 12.6. The molecule has 5 nitrogen and oxygen atoms in total. The van der Waals surface area contributed by atoms with Crippen molar-refractivity contribution in [3.8, 4) is 11.5 Å². The number of hydrogen-bond donors (Lipinski definition) is 1. The van der Waals surface area contributed by atoms with Gasteiger partial charge in [0.15, 0.2) is 0 Å². The van der Waals surface area contributed by atoms with Crippen LogP contribution in [0.4, 0.5) is 0 Å². The van der Waals surface area contributed by atoms with Gasteiger partial charge in [-0.3, -0.25) is 9.00 Å². The zero-order valence-corrected chi connectivity index (χ0v) is 18.3. The average Bonchev–Trinajstić information content (AvgIpc) is 3.09. The third-order valence-electron chi connectivity index (χ3n) is 5.28. The van der Waals surface area contributed by atoms with Crippen molar-refractivity contribution in [2.24, 2.45) is 0 Å². The first kappa shape index (κ1) is 20.8. The standard InChI is InChI=1S/C23H23ClN2O3S/c1-15-21(26-23(29-15)17-9-11-18(24)12-10-17)13-30(28)14-22(27)25-20-8-4-6-16-5-2-3-7-19(16)20/h2-3,5,7,9-12,20H,4,6,8,13-14H2,1H3,(H,25,27)/t20-,30+/m0/s1. The number of carbonyl (C=O) groups excluding carboxylic acids is 1. The number of amides is 1. The molecule has 1 aromatic heterocycles. The number of benzene rings is 2. The molecular formula is C23H23ClN2O3S. The van der Waals surface area contributed by atoms with Crippen LogP contribution in [0.25, 0.3) is 11.5 Å². The number of halogens is 1. The van der Waals surface area contributed by atoms with Gasteiger partial charge in [0.05, 0.1) is 17.5 Å². The summed E-state index contributed by atoms with van der Waals surface area (Å²) in [5.74, 6) is 0.988. The van der Waals surface area contributed by atoms with Gasteiger partial charge in [0, 0.05) is 21.4 Å². The Labute approximate surface area is 183 Å². The predicted molar refractivity (Wildman–Crippen MR) is 119 cm³/mol. The Morgan fingerprint density at radius 1 is 1.23 bits per heavy atom. The lowest BCUT2D eigenvalue weighted by atomic mass is 9.88. The second-order valence-electron chi connectivity index (χ2n) is 7.47. The van der Waals surface area contributed by atoms with Crippen LogP contribution >= 0.6 is 11.6 Å². The van der Waals surface area contributed by atoms with Crippen LogP contribution in [0.1, 0.15) is 41.5 Å². The van der Waals surface area contributed by atoms with Crippen molar-refractivity contribution in [2.75, 3.05) is 5.75 Å². The van der Waals surface area contributed by atoms with Gasteiger partial charge >= 0.3 is 0 Å². The van der Waals surface area contributed by atoms with Crippen molar-refractivity contribution < 1.29 is 13.4 Å². The van der Waals surface area contributed by atoms with Crippen LogP contribution in [0, 0.1) is 6.92 Å². The fraction of sp³-hybridized carbons (Fsp3) is 0.304. The molecule has 30 heavy (non-hydrogen) atoms. The summed E-state index contributed by atoms with van der Waals surface area (Å²) < 4.78 is 18.3. The van der Waals surface area contributed by atoms with Crippen molar-refractivity contribution in [1.29, 1.82) is 0 Å². The summed E-state index contributed by atoms with van der Waals surface area (Å²) in [7, 11) is -1.38. The molecule has 0 saturated heterocycles. The molecule has 0 unspecified atom stereocenters. The highest BCUT2D eigenvalue weighted by Gasteiger charge is 2.22. The van der Waals surface area contributed by atoms with E-state index in [2.05, 4.69) is 22.4 Å². The Hall–Kier alpha value is -2.44. The van der Waals surface area contributed by atoms with Crippen LogP contribution in [0.2, 0.25) is 5.02 Å². The van der Waals surface area contributed by atoms with E-state index in [9.17, 15) is 9.00 Å². The predicted octanol–water partition coefficient (Wildman–Crippen LogP) is 4.75. The Morgan fingerprint density at radius 3 is 2.80 bits per heavy atom. The molecule has 1 aliphatic rings. The second-order valence-corrected chi connectivity index (χ2v) is 9.36. The van der Waals surface area contributed by atoms with Crippen LogP contribution in [0.3, 0.4) is 0 Å². The van der Waals surface area contributed by atoms with E-state index in [4.69, 9.17) is 16.0 Å². The number of hydrogen-bond acceptors (Lipinski definition) is 4. The van der Waals surface area contributed by atoms with Crippen molar-refractivity contribution in [3.05, 3.63) is 76.1 Å². The lowest BCUT2D eigenvalue weighted by Gasteiger charge is -2.26. The Bertz CT molecular complexity index is 1080. The summed E-state index contributed by atoms with van der Waals surface area (Å²) in [6.07, 6.45) is 2.98. The largest absolute Gasteiger partial charge is 0.441 e. The maximum Gasteiger partial charge on any atom is 0.233 e. The van der Waals surface area contributed by atoms with Gasteiger partial charge in [0.25, 0.3) is 0 Å². The normalized spacial score (nSPS) is 16.7. The molecule has 0 fully saturated rings. The summed E-state index contributed by atoms with van der Waals surface area (Å²) in [6, 6.07) is 15.4. The quantitative estimate of drug-likeness (QED) is 0.598. The lowest BCUT2D eigenvalue weighted by molar-refractivity contribution is -0.119. The summed E-state index contributed by atoms with van der Waals surface area (Å²) in [5, 5.41) is 3.69. The van der Waals surface area contributed by atoms with Gasteiger partial charge in [-0.15, -0.1) is 0 Å². The highest BCUT2D eigenvalue weighted by atomic mass is 35.5. The molecule has 4 rings (SSSR count). The summed E-state index contributed by atoms with van der Waals surface area (Å²) in [5.41, 5.74) is 3.85. The smallest absolute Gasteiger partial charge is 0.233 e. The minimum absolute atomic E-state index is 0.00950. The van der Waals surface area contributed by atoms with Crippen molar-refractivity contribution in [2.45, 2.75) is 38.0 Å². The fourth-order valence-corrected chi connectivity index (χ4v) is 4.94. The molecule has 0 bridgehead atoms. The van der Waals surface area contributed by atoms with Crippen molar-refractivity contribution >= 4 is 28.3 Å². The topological polar surface area (TPSA) is 72.2 Å². The van der Waals surface area contributed by atoms with Gasteiger partial charge in [-0.25, -0.2) is 4.98 Å². The maximum atomic E-state index is 12.6. The molecular weight excluding hydrogens is 420 g/mol. The SMILES string of the molecule is Cc1oc(-c2ccc(Cl)cc2)nc1C[S@@](=O)CC(=O)N[C@H]1CCCc2ccccc21. The molecule has 0 spiro atoms. The van der Waals surface area contributed by atoms with E-state index in [1.165, 1.54) is 11.1 Å². The number of aromatic nitrogens is 1. The first-order valence-corrected chi connectivity index (χ1v) is 11.8. The highest BCUT2D eigenvalue weighted by Crippen LogP contribution is 2.29. The molecule has 1 amide bonds. The molecule has 1 aliphatic carbocycles. The summed E-state index contributed by atoms with van der Waals surface area (Å²) in [4.78, 5) is 17.0. The molecule has 0 aliphatic heterocycles. The minimum atomic E-state index is -1.38. The van der Waals surface area contributed by atoms with Crippen LogP contribution < -0.4 is 5.32 Å². The third kappa shape index (κ3) is 4.82. The van der Waals surface area contributed by atoms with E-state index < -0.39 is 10.8 Å². The number of aryl methyl sites for hydroxylation is 2. The lowest BCUT2D eigenvalue weighted by Crippen LogP contribution is -2.34. The van der Waals surface area contributed by atoms with Crippen LogP contribution in [-0.4, -0.2) is 20.9 Å². The zero-order valence-electron chi connectivity index (χ0n) is 16.7. The van der Waals surface area contributed by atoms with E-state index in [1.807, 2.05) is 24.3 Å². The minimum Gasteiger partial charge on any atom is -0.441 e. The third-order valence-corrected chi connectivity index (χ3v) is 6.71. The van der Waals surface area contributed by atoms with Crippen LogP contribution in [0.5, 0.6) is 0 Å². The summed E-state index contributed by atoms with van der Waals surface area (Å²) >= 11 is 5.92. The van der Waals surface area contributed by atoms with E-state index in [1.54, 1.807) is 19.1 Å². The molecule has 2 aromatic carbocycles. The summed E-state index contributed by atoms with van der Waals surface area (Å²) in [6.45, 7) is 1.79. The van der Waals surface area contributed by atoms with Gasteiger partial charge in [-0.05, 0) is 61.6 Å². The van der Waals surface area contributed by atoms with Gasteiger partial charge in [-0.2, -0.15) is 0 Å². The van der Waals surface area contributed by atoms with Crippen molar-refractivity contribution in [3.63, 3.8) is 0 Å². The number of fused-ring (bicyclic) bond motifs is 1. The molecule has 1 N–H and O–H groups in total. The van der Waals surface area contributed by atoms with Crippen LogP contribution in [0.15, 0.2) is 52.9 Å². The Kier molecular flexibility index (Phi) is 6.35. The number of nitrogens with zero attached hydrogens (tertiary/aromatic N) is 1. The molecule has 156 valence electrons. The zero-order chi connectivity index (χ0) is 21.1. The average molecular weight is 443 g/mol. The van der Waals surface area contributed by atoms with Crippen molar-refractivity contribution in [1.82, 2.24) is 10.3 Å². The molecule has 2 atom stereocenters.